The number of ketones is 1. The minimum atomic E-state index is -1.02. The van der Waals surface area contributed by atoms with Gasteiger partial charge in [0.25, 0.3) is 5.78 Å². The lowest BCUT2D eigenvalue weighted by molar-refractivity contribution is -0.149. The van der Waals surface area contributed by atoms with Crippen LogP contribution in [-0.4, -0.2) is 31.1 Å². The van der Waals surface area contributed by atoms with Crippen LogP contribution in [0.25, 0.3) is 5.76 Å². The third-order valence-corrected chi connectivity index (χ3v) is 2.67. The summed E-state index contributed by atoms with van der Waals surface area (Å²) in [4.78, 5) is 22.3. The lowest BCUT2D eigenvalue weighted by Gasteiger charge is -2.10. The molecule has 0 atom stereocenters. The van der Waals surface area contributed by atoms with E-state index < -0.39 is 11.8 Å². The Kier molecular flexibility index (Phi) is 4.69. The summed E-state index contributed by atoms with van der Waals surface area (Å²) in [7, 11) is 2.66. The zero-order valence-electron chi connectivity index (χ0n) is 11.3. The summed E-state index contributed by atoms with van der Waals surface area (Å²) in [5.74, 6) is -1.52. The molecule has 0 amide bonds. The molecule has 5 heteroatoms. The van der Waals surface area contributed by atoms with Crippen molar-refractivity contribution in [3.05, 3.63) is 34.9 Å². The molecular weight excluding hydrogens is 248 g/mol. The van der Waals surface area contributed by atoms with Crippen LogP contribution >= 0.6 is 0 Å². The molecule has 0 aliphatic rings. The molecule has 0 spiro atoms. The number of methoxy groups -OCH3 is 2. The molecule has 5 nitrogen and oxygen atoms in total. The molecule has 1 aromatic rings. The molecule has 1 aromatic carbocycles. The van der Waals surface area contributed by atoms with E-state index in [4.69, 9.17) is 4.74 Å². The summed E-state index contributed by atoms with van der Waals surface area (Å²) in [6, 6.07) is 3.43. The summed E-state index contributed by atoms with van der Waals surface area (Å²) < 4.78 is 9.43. The Hall–Kier alpha value is -2.30. The molecule has 0 fully saturated rings. The van der Waals surface area contributed by atoms with E-state index in [0.29, 0.717) is 11.3 Å². The number of esters is 1. The molecular formula is C14H16O5. The third-order valence-electron chi connectivity index (χ3n) is 2.67. The number of carbonyl (C=O) groups excluding carboxylic acids is 2. The van der Waals surface area contributed by atoms with Crippen LogP contribution < -0.4 is 4.74 Å². The maximum absolute atomic E-state index is 11.3. The highest BCUT2D eigenvalue weighted by atomic mass is 16.5. The van der Waals surface area contributed by atoms with Crippen molar-refractivity contribution in [2.24, 2.45) is 0 Å². The minimum Gasteiger partial charge on any atom is -0.507 e. The molecule has 0 heterocycles. The van der Waals surface area contributed by atoms with Crippen molar-refractivity contribution in [1.29, 1.82) is 0 Å². The Morgan fingerprint density at radius 1 is 1.16 bits per heavy atom. The summed E-state index contributed by atoms with van der Waals surface area (Å²) >= 11 is 0. The largest absolute Gasteiger partial charge is 0.507 e. The number of aliphatic hydroxyl groups is 1. The molecule has 0 saturated heterocycles. The molecule has 0 bridgehead atoms. The SMILES string of the molecule is COC(=O)C(=O)/C=C(\O)c1cc(C)c(OC)cc1C. The Bertz CT molecular complexity index is 543. The van der Waals surface area contributed by atoms with E-state index in [0.717, 1.165) is 24.3 Å². The number of aryl methyl sites for hydroxylation is 2. The standard InChI is InChI=1S/C14H16O5/c1-8-6-13(18-3)9(2)5-10(8)11(15)7-12(16)14(17)19-4/h5-7,15H,1-4H3/b11-7-. The van der Waals surface area contributed by atoms with Crippen LogP contribution in [0.5, 0.6) is 5.75 Å². The fourth-order valence-electron chi connectivity index (χ4n) is 1.65. The van der Waals surface area contributed by atoms with Crippen LogP contribution in [0.2, 0.25) is 0 Å². The van der Waals surface area contributed by atoms with E-state index in [1.54, 1.807) is 26.2 Å². The van der Waals surface area contributed by atoms with Gasteiger partial charge in [0.2, 0.25) is 0 Å². The van der Waals surface area contributed by atoms with E-state index in [9.17, 15) is 14.7 Å². The van der Waals surface area contributed by atoms with Crippen LogP contribution in [0.1, 0.15) is 16.7 Å². The second-order valence-electron chi connectivity index (χ2n) is 4.02. The van der Waals surface area contributed by atoms with Gasteiger partial charge in [-0.2, -0.15) is 0 Å². The lowest BCUT2D eigenvalue weighted by Crippen LogP contribution is -2.13. The molecule has 0 radical (unpaired) electrons. The number of benzene rings is 1. The molecule has 19 heavy (non-hydrogen) atoms. The van der Waals surface area contributed by atoms with E-state index in [1.165, 1.54) is 0 Å². The first-order valence-electron chi connectivity index (χ1n) is 5.59. The monoisotopic (exact) mass is 264 g/mol. The zero-order valence-corrected chi connectivity index (χ0v) is 11.3. The number of carbonyl (C=O) groups is 2. The first kappa shape index (κ1) is 14.8. The van der Waals surface area contributed by atoms with Crippen LogP contribution in [0.3, 0.4) is 0 Å². The van der Waals surface area contributed by atoms with Crippen LogP contribution in [-0.2, 0) is 14.3 Å². The van der Waals surface area contributed by atoms with Gasteiger partial charge in [-0.05, 0) is 37.1 Å². The van der Waals surface area contributed by atoms with Gasteiger partial charge in [0.1, 0.15) is 11.5 Å². The van der Waals surface area contributed by atoms with Gasteiger partial charge in [0.15, 0.2) is 0 Å². The van der Waals surface area contributed by atoms with Gasteiger partial charge in [-0.1, -0.05) is 0 Å². The van der Waals surface area contributed by atoms with Crippen molar-refractivity contribution in [2.75, 3.05) is 14.2 Å². The fourth-order valence-corrected chi connectivity index (χ4v) is 1.65. The van der Waals surface area contributed by atoms with Crippen molar-refractivity contribution in [1.82, 2.24) is 0 Å². The fraction of sp³-hybridized carbons (Fsp3) is 0.286. The van der Waals surface area contributed by atoms with Crippen LogP contribution in [0.15, 0.2) is 18.2 Å². The van der Waals surface area contributed by atoms with Crippen molar-refractivity contribution in [3.63, 3.8) is 0 Å². The number of hydrogen-bond donors (Lipinski definition) is 1. The quantitative estimate of drug-likeness (QED) is 0.389. The van der Waals surface area contributed by atoms with Gasteiger partial charge >= 0.3 is 5.97 Å². The molecule has 102 valence electrons. The molecule has 0 aliphatic heterocycles. The lowest BCUT2D eigenvalue weighted by atomic mass is 10.0. The Morgan fingerprint density at radius 3 is 2.32 bits per heavy atom. The second-order valence-corrected chi connectivity index (χ2v) is 4.02. The van der Waals surface area contributed by atoms with Gasteiger partial charge in [-0.15, -0.1) is 0 Å². The molecule has 1 rings (SSSR count). The molecule has 0 aliphatic carbocycles. The average molecular weight is 264 g/mol. The third kappa shape index (κ3) is 3.34. The van der Waals surface area contributed by atoms with Gasteiger partial charge in [-0.25, -0.2) is 4.79 Å². The molecule has 0 saturated carbocycles. The van der Waals surface area contributed by atoms with Crippen molar-refractivity contribution < 1.29 is 24.2 Å². The predicted molar refractivity (Wildman–Crippen MR) is 70.1 cm³/mol. The maximum Gasteiger partial charge on any atom is 0.378 e. The zero-order chi connectivity index (χ0) is 14.6. The number of rotatable bonds is 4. The van der Waals surface area contributed by atoms with Crippen molar-refractivity contribution >= 4 is 17.5 Å². The molecule has 0 aromatic heterocycles. The summed E-state index contributed by atoms with van der Waals surface area (Å²) in [6.07, 6.45) is 0.847. The predicted octanol–water partition coefficient (Wildman–Crippen LogP) is 1.95. The Morgan fingerprint density at radius 2 is 1.79 bits per heavy atom. The van der Waals surface area contributed by atoms with Crippen LogP contribution in [0.4, 0.5) is 0 Å². The number of hydrogen-bond acceptors (Lipinski definition) is 5. The summed E-state index contributed by atoms with van der Waals surface area (Å²) in [5, 5.41) is 9.90. The normalized spacial score (nSPS) is 11.1. The van der Waals surface area contributed by atoms with Gasteiger partial charge in [0.05, 0.1) is 14.2 Å². The Labute approximate surface area is 111 Å². The Balaban J connectivity index is 3.16. The topological polar surface area (TPSA) is 72.8 Å². The van der Waals surface area contributed by atoms with Gasteiger partial charge in [0, 0.05) is 11.6 Å². The average Bonchev–Trinajstić information content (AvgIpc) is 2.39. The first-order chi connectivity index (χ1) is 8.90. The van der Waals surface area contributed by atoms with E-state index in [1.807, 2.05) is 6.92 Å². The molecule has 1 N–H and O–H groups in total. The minimum absolute atomic E-state index is 0.279. The highest BCUT2D eigenvalue weighted by Crippen LogP contribution is 2.26. The van der Waals surface area contributed by atoms with Gasteiger partial charge < -0.3 is 14.6 Å². The van der Waals surface area contributed by atoms with Crippen LogP contribution in [0, 0.1) is 13.8 Å². The summed E-state index contributed by atoms with van der Waals surface area (Å²) in [6.45, 7) is 3.58. The number of ether oxygens (including phenoxy) is 2. The van der Waals surface area contributed by atoms with E-state index >= 15 is 0 Å². The highest BCUT2D eigenvalue weighted by Gasteiger charge is 2.14. The smallest absolute Gasteiger partial charge is 0.378 e. The highest BCUT2D eigenvalue weighted by molar-refractivity contribution is 6.39. The molecule has 0 unspecified atom stereocenters. The van der Waals surface area contributed by atoms with Gasteiger partial charge in [-0.3, -0.25) is 4.79 Å². The van der Waals surface area contributed by atoms with Crippen molar-refractivity contribution in [3.8, 4) is 5.75 Å². The van der Waals surface area contributed by atoms with E-state index in [2.05, 4.69) is 4.74 Å². The summed E-state index contributed by atoms with van der Waals surface area (Å²) in [5.41, 5.74) is 2.01. The van der Waals surface area contributed by atoms with Crippen molar-refractivity contribution in [2.45, 2.75) is 13.8 Å². The maximum atomic E-state index is 11.3. The number of aliphatic hydroxyl groups excluding tert-OH is 1. The van der Waals surface area contributed by atoms with E-state index in [-0.39, 0.29) is 5.76 Å². The second kappa shape index (κ2) is 6.04. The first-order valence-corrected chi connectivity index (χ1v) is 5.59.